The van der Waals surface area contributed by atoms with Gasteiger partial charge in [0.05, 0.1) is 18.8 Å². The minimum atomic E-state index is -1.16. The first-order valence-electron chi connectivity index (χ1n) is 6.68. The standard InChI is InChI=1S/C14H19N3O4/c1-13(2,3)21-12(18)17-8-14(19,9-17)11-5-4-10(6-15-11)7-16-20/h4-6,19H,7-9H2,1-3H3. The monoisotopic (exact) mass is 293 g/mol. The first-order valence-corrected chi connectivity index (χ1v) is 6.68. The zero-order chi connectivity index (χ0) is 15.7. The van der Waals surface area contributed by atoms with Crippen LogP contribution in [0.1, 0.15) is 32.0 Å². The summed E-state index contributed by atoms with van der Waals surface area (Å²) in [6, 6.07) is 3.34. The van der Waals surface area contributed by atoms with E-state index in [1.807, 2.05) is 0 Å². The van der Waals surface area contributed by atoms with Gasteiger partial charge in [0, 0.05) is 6.20 Å². The molecule has 0 bridgehead atoms. The van der Waals surface area contributed by atoms with Crippen LogP contribution in [0, 0.1) is 4.91 Å². The third-order valence-corrected chi connectivity index (χ3v) is 3.11. The molecule has 0 unspecified atom stereocenters. The number of pyridine rings is 1. The molecule has 1 N–H and O–H groups in total. The Hall–Kier alpha value is -2.02. The number of likely N-dealkylation sites (tertiary alicyclic amines) is 1. The molecule has 0 aromatic carbocycles. The van der Waals surface area contributed by atoms with E-state index in [-0.39, 0.29) is 19.6 Å². The number of amides is 1. The molecule has 1 saturated heterocycles. The highest BCUT2D eigenvalue weighted by atomic mass is 16.6. The van der Waals surface area contributed by atoms with Crippen molar-refractivity contribution in [1.29, 1.82) is 0 Å². The number of nitrogens with zero attached hydrogens (tertiary/aromatic N) is 3. The summed E-state index contributed by atoms with van der Waals surface area (Å²) in [5.41, 5.74) is -0.575. The maximum absolute atomic E-state index is 11.8. The zero-order valence-electron chi connectivity index (χ0n) is 12.4. The highest BCUT2D eigenvalue weighted by Gasteiger charge is 2.47. The van der Waals surface area contributed by atoms with Crippen LogP contribution in [0.4, 0.5) is 4.79 Å². The molecule has 1 aromatic heterocycles. The summed E-state index contributed by atoms with van der Waals surface area (Å²) in [6.45, 7) is 5.70. The van der Waals surface area contributed by atoms with Crippen LogP contribution >= 0.6 is 0 Å². The van der Waals surface area contributed by atoms with E-state index in [0.717, 1.165) is 0 Å². The van der Waals surface area contributed by atoms with Gasteiger partial charge in [-0.15, -0.1) is 0 Å². The lowest BCUT2D eigenvalue weighted by molar-refractivity contribution is -0.106. The van der Waals surface area contributed by atoms with Crippen LogP contribution in [-0.4, -0.2) is 39.8 Å². The SMILES string of the molecule is CC(C)(C)OC(=O)N1CC(O)(c2ccc(CN=O)cn2)C1. The van der Waals surface area contributed by atoms with E-state index < -0.39 is 17.3 Å². The van der Waals surface area contributed by atoms with Crippen molar-refractivity contribution in [1.82, 2.24) is 9.88 Å². The maximum Gasteiger partial charge on any atom is 0.410 e. The predicted molar refractivity (Wildman–Crippen MR) is 75.4 cm³/mol. The molecule has 1 amide bonds. The number of carbonyl (C=O) groups excluding carboxylic acids is 1. The summed E-state index contributed by atoms with van der Waals surface area (Å²) in [4.78, 5) is 27.6. The molecular weight excluding hydrogens is 274 g/mol. The maximum atomic E-state index is 11.8. The lowest BCUT2D eigenvalue weighted by Gasteiger charge is -2.45. The van der Waals surface area contributed by atoms with Gasteiger partial charge in [-0.1, -0.05) is 11.2 Å². The van der Waals surface area contributed by atoms with E-state index in [1.165, 1.54) is 11.1 Å². The van der Waals surface area contributed by atoms with Gasteiger partial charge in [-0.25, -0.2) is 4.79 Å². The summed E-state index contributed by atoms with van der Waals surface area (Å²) >= 11 is 0. The van der Waals surface area contributed by atoms with Crippen molar-refractivity contribution in [2.75, 3.05) is 13.1 Å². The first-order chi connectivity index (χ1) is 9.73. The van der Waals surface area contributed by atoms with E-state index in [1.54, 1.807) is 32.9 Å². The molecule has 21 heavy (non-hydrogen) atoms. The van der Waals surface area contributed by atoms with Gasteiger partial charge < -0.3 is 14.7 Å². The van der Waals surface area contributed by atoms with E-state index in [4.69, 9.17) is 4.74 Å². The summed E-state index contributed by atoms with van der Waals surface area (Å²) in [5.74, 6) is 0. The third-order valence-electron chi connectivity index (χ3n) is 3.11. The van der Waals surface area contributed by atoms with Gasteiger partial charge in [-0.3, -0.25) is 4.98 Å². The average molecular weight is 293 g/mol. The highest BCUT2D eigenvalue weighted by Crippen LogP contribution is 2.31. The van der Waals surface area contributed by atoms with Crippen molar-refractivity contribution in [3.63, 3.8) is 0 Å². The van der Waals surface area contributed by atoms with Gasteiger partial charge >= 0.3 is 6.09 Å². The largest absolute Gasteiger partial charge is 0.444 e. The number of nitroso groups, excluding NO2 is 1. The lowest BCUT2D eigenvalue weighted by atomic mass is 9.90. The topological polar surface area (TPSA) is 92.1 Å². The lowest BCUT2D eigenvalue weighted by Crippen LogP contribution is -2.62. The number of hydrogen-bond acceptors (Lipinski definition) is 6. The fourth-order valence-corrected chi connectivity index (χ4v) is 2.07. The Balaban J connectivity index is 1.97. The summed E-state index contributed by atoms with van der Waals surface area (Å²) in [6.07, 6.45) is 1.05. The van der Waals surface area contributed by atoms with Crippen LogP contribution in [0.5, 0.6) is 0 Å². The number of hydrogen-bond donors (Lipinski definition) is 1. The van der Waals surface area contributed by atoms with Crippen LogP contribution in [0.25, 0.3) is 0 Å². The van der Waals surface area contributed by atoms with Crippen LogP contribution in [0.15, 0.2) is 23.5 Å². The fourth-order valence-electron chi connectivity index (χ4n) is 2.07. The van der Waals surface area contributed by atoms with Crippen LogP contribution in [0.3, 0.4) is 0 Å². The van der Waals surface area contributed by atoms with Crippen molar-refractivity contribution in [2.45, 2.75) is 38.5 Å². The van der Waals surface area contributed by atoms with Crippen molar-refractivity contribution in [2.24, 2.45) is 5.18 Å². The molecule has 0 aliphatic carbocycles. The molecule has 0 spiro atoms. The molecule has 114 valence electrons. The second-order valence-corrected chi connectivity index (χ2v) is 6.21. The van der Waals surface area contributed by atoms with Gasteiger partial charge in [0.25, 0.3) is 0 Å². The van der Waals surface area contributed by atoms with Gasteiger partial charge in [-0.2, -0.15) is 4.91 Å². The zero-order valence-corrected chi connectivity index (χ0v) is 12.4. The van der Waals surface area contributed by atoms with Gasteiger partial charge in [-0.05, 0) is 32.4 Å². The third kappa shape index (κ3) is 3.55. The minimum absolute atomic E-state index is 0.0513. The molecule has 7 heteroatoms. The Labute approximate surface area is 122 Å². The summed E-state index contributed by atoms with van der Waals surface area (Å²) in [5, 5.41) is 13.2. The molecule has 0 atom stereocenters. The van der Waals surface area contributed by atoms with Gasteiger partial charge in [0.2, 0.25) is 0 Å². The van der Waals surface area contributed by atoms with Crippen LogP contribution in [0.2, 0.25) is 0 Å². The van der Waals surface area contributed by atoms with Gasteiger partial charge in [0.15, 0.2) is 0 Å². The molecule has 2 heterocycles. The fraction of sp³-hybridized carbons (Fsp3) is 0.571. The smallest absolute Gasteiger partial charge is 0.410 e. The van der Waals surface area contributed by atoms with Crippen molar-refractivity contribution in [3.05, 3.63) is 34.5 Å². The Kier molecular flexibility index (Phi) is 3.95. The molecule has 0 saturated carbocycles. The Morgan fingerprint density at radius 2 is 2.14 bits per heavy atom. The molecule has 1 fully saturated rings. The number of rotatable bonds is 3. The molecule has 0 radical (unpaired) electrons. The normalized spacial score (nSPS) is 17.0. The van der Waals surface area contributed by atoms with Crippen LogP contribution in [-0.2, 0) is 16.9 Å². The summed E-state index contributed by atoms with van der Waals surface area (Å²) in [7, 11) is 0. The molecule has 7 nitrogen and oxygen atoms in total. The quantitative estimate of drug-likeness (QED) is 0.858. The number of ether oxygens (including phenoxy) is 1. The molecule has 1 aromatic rings. The second kappa shape index (κ2) is 5.40. The molecular formula is C14H19N3O4. The molecule has 1 aliphatic rings. The summed E-state index contributed by atoms with van der Waals surface area (Å²) < 4.78 is 5.23. The van der Waals surface area contributed by atoms with E-state index >= 15 is 0 Å². The average Bonchev–Trinajstić information content (AvgIpc) is 2.34. The number of β-amino-alcohol motifs (C(OH)–C–C–N with tert-alkyl or cyclic N) is 1. The number of aromatic nitrogens is 1. The Morgan fingerprint density at radius 1 is 1.48 bits per heavy atom. The first kappa shape index (κ1) is 15.4. The van der Waals surface area contributed by atoms with E-state index in [9.17, 15) is 14.8 Å². The van der Waals surface area contributed by atoms with Crippen molar-refractivity contribution < 1.29 is 14.6 Å². The Bertz CT molecular complexity index is 530. The number of aliphatic hydroxyl groups is 1. The van der Waals surface area contributed by atoms with Gasteiger partial charge in [0.1, 0.15) is 17.7 Å². The van der Waals surface area contributed by atoms with Crippen molar-refractivity contribution >= 4 is 6.09 Å². The van der Waals surface area contributed by atoms with E-state index in [0.29, 0.717) is 11.3 Å². The van der Waals surface area contributed by atoms with Crippen LogP contribution < -0.4 is 0 Å². The predicted octanol–water partition coefficient (Wildman–Crippen LogP) is 1.79. The van der Waals surface area contributed by atoms with Crippen molar-refractivity contribution in [3.8, 4) is 0 Å². The molecule has 1 aliphatic heterocycles. The Morgan fingerprint density at radius 3 is 2.62 bits per heavy atom. The molecule has 2 rings (SSSR count). The second-order valence-electron chi connectivity index (χ2n) is 6.21. The minimum Gasteiger partial charge on any atom is -0.444 e. The van der Waals surface area contributed by atoms with E-state index in [2.05, 4.69) is 10.2 Å². The number of carbonyl (C=O) groups is 1. The highest BCUT2D eigenvalue weighted by molar-refractivity contribution is 5.69.